The van der Waals surface area contributed by atoms with Crippen molar-refractivity contribution in [1.29, 1.82) is 0 Å². The predicted octanol–water partition coefficient (Wildman–Crippen LogP) is 2.81. The Balaban J connectivity index is 1.92. The van der Waals surface area contributed by atoms with Gasteiger partial charge in [-0.3, -0.25) is 4.79 Å². The van der Waals surface area contributed by atoms with Gasteiger partial charge in [0.2, 0.25) is 5.91 Å². The minimum Gasteiger partial charge on any atom is -0.316 e. The van der Waals surface area contributed by atoms with Gasteiger partial charge in [-0.15, -0.1) is 0 Å². The Bertz CT molecular complexity index is 1350. The largest absolute Gasteiger partial charge is 0.316 e. The number of carbonyl (C=O) groups excluding carboxylic acids is 1. The fourth-order valence-electron chi connectivity index (χ4n) is 2.94. The molecule has 2 aromatic carbocycles. The third-order valence-corrected chi connectivity index (χ3v) is 8.32. The Hall–Kier alpha value is -2.30. The highest BCUT2D eigenvalue weighted by molar-refractivity contribution is 7.91. The van der Waals surface area contributed by atoms with Gasteiger partial charge in [-0.2, -0.15) is 4.99 Å². The molecule has 160 valence electrons. The lowest BCUT2D eigenvalue weighted by molar-refractivity contribution is -0.117. The average Bonchev–Trinajstić information content (AvgIpc) is 3.03. The first kappa shape index (κ1) is 22.4. The summed E-state index contributed by atoms with van der Waals surface area (Å²) >= 11 is 1.21. The summed E-state index contributed by atoms with van der Waals surface area (Å²) in [5.41, 5.74) is 0.790. The zero-order chi connectivity index (χ0) is 21.9. The molecule has 0 saturated heterocycles. The summed E-state index contributed by atoms with van der Waals surface area (Å²) in [6, 6.07) is 12.8. The number of hydrogen-bond acceptors (Lipinski definition) is 6. The summed E-state index contributed by atoms with van der Waals surface area (Å²) in [6.45, 7) is 2.59. The third kappa shape index (κ3) is 5.05. The van der Waals surface area contributed by atoms with Crippen molar-refractivity contribution in [2.75, 3.05) is 12.0 Å². The molecule has 3 rings (SSSR count). The molecule has 0 N–H and O–H groups in total. The van der Waals surface area contributed by atoms with E-state index in [-0.39, 0.29) is 22.0 Å². The SMILES string of the molecule is CCCn1c(=NC(=O)CCS(=O)(=O)c2ccccc2)sc2cc(S(C)(=O)=O)ccc21. The summed E-state index contributed by atoms with van der Waals surface area (Å²) in [6.07, 6.45) is 1.71. The lowest BCUT2D eigenvalue weighted by atomic mass is 10.3. The van der Waals surface area contributed by atoms with Gasteiger partial charge < -0.3 is 4.57 Å². The van der Waals surface area contributed by atoms with Crippen molar-refractivity contribution < 1.29 is 21.6 Å². The van der Waals surface area contributed by atoms with Crippen LogP contribution in [-0.2, 0) is 31.0 Å². The standard InChI is InChI=1S/C20H22N2O5S3/c1-3-12-22-17-10-9-16(29(2,24)25)14-18(17)28-20(22)21-19(23)11-13-30(26,27)15-7-5-4-6-8-15/h4-10,14H,3,11-13H2,1-2H3. The average molecular weight is 467 g/mol. The molecule has 0 unspecified atom stereocenters. The van der Waals surface area contributed by atoms with E-state index in [1.807, 2.05) is 11.5 Å². The Morgan fingerprint density at radius 3 is 2.37 bits per heavy atom. The number of nitrogens with zero attached hydrogens (tertiary/aromatic N) is 2. The normalized spacial score (nSPS) is 13.1. The number of amides is 1. The van der Waals surface area contributed by atoms with Gasteiger partial charge >= 0.3 is 0 Å². The number of carbonyl (C=O) groups is 1. The van der Waals surface area contributed by atoms with Crippen molar-refractivity contribution in [3.05, 3.63) is 53.3 Å². The van der Waals surface area contributed by atoms with Crippen LogP contribution in [0.15, 0.2) is 63.3 Å². The number of fused-ring (bicyclic) bond motifs is 1. The van der Waals surface area contributed by atoms with Gasteiger partial charge in [-0.05, 0) is 36.8 Å². The molecule has 0 aliphatic rings. The maximum absolute atomic E-state index is 12.4. The smallest absolute Gasteiger partial charge is 0.249 e. The van der Waals surface area contributed by atoms with Crippen LogP contribution >= 0.6 is 11.3 Å². The number of benzene rings is 2. The van der Waals surface area contributed by atoms with Gasteiger partial charge in [0.25, 0.3) is 0 Å². The molecular weight excluding hydrogens is 444 g/mol. The van der Waals surface area contributed by atoms with Gasteiger partial charge in [0, 0.05) is 19.2 Å². The van der Waals surface area contributed by atoms with Crippen molar-refractivity contribution in [1.82, 2.24) is 4.57 Å². The van der Waals surface area contributed by atoms with Crippen molar-refractivity contribution >= 4 is 47.1 Å². The summed E-state index contributed by atoms with van der Waals surface area (Å²) in [5.74, 6) is -0.856. The molecule has 0 radical (unpaired) electrons. The first-order chi connectivity index (χ1) is 14.1. The number of sulfone groups is 2. The van der Waals surface area contributed by atoms with E-state index in [1.165, 1.54) is 29.5 Å². The quantitative estimate of drug-likeness (QED) is 0.533. The van der Waals surface area contributed by atoms with Crippen LogP contribution in [0.1, 0.15) is 19.8 Å². The van der Waals surface area contributed by atoms with Crippen molar-refractivity contribution in [2.45, 2.75) is 36.1 Å². The van der Waals surface area contributed by atoms with Gasteiger partial charge in [-0.25, -0.2) is 16.8 Å². The van der Waals surface area contributed by atoms with Crippen LogP contribution in [0.2, 0.25) is 0 Å². The van der Waals surface area contributed by atoms with Gasteiger partial charge in [0.1, 0.15) is 0 Å². The highest BCUT2D eigenvalue weighted by Crippen LogP contribution is 2.22. The molecule has 0 fully saturated rings. The van der Waals surface area contributed by atoms with Gasteiger partial charge in [-0.1, -0.05) is 36.5 Å². The van der Waals surface area contributed by atoms with Crippen LogP contribution in [0.3, 0.4) is 0 Å². The minimum absolute atomic E-state index is 0.175. The summed E-state index contributed by atoms with van der Waals surface area (Å²) in [4.78, 5) is 17.4. The van der Waals surface area contributed by atoms with E-state index < -0.39 is 25.6 Å². The number of hydrogen-bond donors (Lipinski definition) is 0. The second-order valence-electron chi connectivity index (χ2n) is 6.83. The molecule has 0 spiro atoms. The Labute approximate surface area is 179 Å². The summed E-state index contributed by atoms with van der Waals surface area (Å²) in [7, 11) is -6.92. The Morgan fingerprint density at radius 2 is 1.73 bits per heavy atom. The van der Waals surface area contributed by atoms with E-state index in [9.17, 15) is 21.6 Å². The number of aromatic nitrogens is 1. The molecule has 30 heavy (non-hydrogen) atoms. The third-order valence-electron chi connectivity index (χ3n) is 4.44. The monoisotopic (exact) mass is 466 g/mol. The molecule has 0 atom stereocenters. The lowest BCUT2D eigenvalue weighted by Gasteiger charge is -2.04. The van der Waals surface area contributed by atoms with E-state index in [4.69, 9.17) is 0 Å². The molecule has 1 aromatic heterocycles. The lowest BCUT2D eigenvalue weighted by Crippen LogP contribution is -2.18. The molecule has 1 heterocycles. The van der Waals surface area contributed by atoms with Crippen LogP contribution in [0.5, 0.6) is 0 Å². The molecular formula is C20H22N2O5S3. The molecule has 3 aromatic rings. The van der Waals surface area contributed by atoms with Crippen LogP contribution in [0, 0.1) is 0 Å². The topological polar surface area (TPSA) is 103 Å². The predicted molar refractivity (Wildman–Crippen MR) is 117 cm³/mol. The Kier molecular flexibility index (Phi) is 6.59. The fourth-order valence-corrected chi connectivity index (χ4v) is 6.02. The van der Waals surface area contributed by atoms with E-state index in [0.29, 0.717) is 16.0 Å². The van der Waals surface area contributed by atoms with Gasteiger partial charge in [0.15, 0.2) is 24.5 Å². The van der Waals surface area contributed by atoms with Crippen molar-refractivity contribution in [2.24, 2.45) is 4.99 Å². The number of aryl methyl sites for hydroxylation is 1. The van der Waals surface area contributed by atoms with Crippen LogP contribution < -0.4 is 4.80 Å². The molecule has 10 heteroatoms. The Morgan fingerprint density at radius 1 is 1.03 bits per heavy atom. The molecule has 7 nitrogen and oxygen atoms in total. The second kappa shape index (κ2) is 8.83. The fraction of sp³-hybridized carbons (Fsp3) is 0.300. The van der Waals surface area contributed by atoms with E-state index in [2.05, 4.69) is 4.99 Å². The number of thiazole rings is 1. The highest BCUT2D eigenvalue weighted by atomic mass is 32.2. The molecule has 0 aliphatic carbocycles. The van der Waals surface area contributed by atoms with Crippen LogP contribution in [0.25, 0.3) is 10.2 Å². The van der Waals surface area contributed by atoms with Crippen LogP contribution in [-0.4, -0.2) is 39.3 Å². The van der Waals surface area contributed by atoms with Crippen LogP contribution in [0.4, 0.5) is 0 Å². The molecule has 0 aliphatic heterocycles. The van der Waals surface area contributed by atoms with Crippen molar-refractivity contribution in [3.63, 3.8) is 0 Å². The van der Waals surface area contributed by atoms with E-state index in [0.717, 1.165) is 18.2 Å². The van der Waals surface area contributed by atoms with E-state index in [1.54, 1.807) is 30.3 Å². The van der Waals surface area contributed by atoms with Gasteiger partial charge in [0.05, 0.1) is 25.8 Å². The second-order valence-corrected chi connectivity index (χ2v) is 12.0. The van der Waals surface area contributed by atoms with Crippen molar-refractivity contribution in [3.8, 4) is 0 Å². The molecule has 0 bridgehead atoms. The maximum Gasteiger partial charge on any atom is 0.249 e. The summed E-state index contributed by atoms with van der Waals surface area (Å²) < 4.78 is 51.0. The maximum atomic E-state index is 12.4. The minimum atomic E-state index is -3.57. The molecule has 1 amide bonds. The summed E-state index contributed by atoms with van der Waals surface area (Å²) in [5, 5.41) is 0. The van der Waals surface area contributed by atoms with E-state index >= 15 is 0 Å². The zero-order valence-corrected chi connectivity index (χ0v) is 19.1. The zero-order valence-electron chi connectivity index (χ0n) is 16.6. The molecule has 0 saturated carbocycles. The first-order valence-electron chi connectivity index (χ1n) is 9.30. The number of rotatable bonds is 7. The first-order valence-corrected chi connectivity index (χ1v) is 13.7. The highest BCUT2D eigenvalue weighted by Gasteiger charge is 2.17.